The lowest BCUT2D eigenvalue weighted by Gasteiger charge is -2.24. The fraction of sp³-hybridized carbons (Fsp3) is 0.481. The minimum atomic E-state index is -0.296. The van der Waals surface area contributed by atoms with Gasteiger partial charge in [0.05, 0.1) is 18.2 Å². The highest BCUT2D eigenvalue weighted by atomic mass is 16.5. The Morgan fingerprint density at radius 1 is 0.971 bits per heavy atom. The molecule has 5 rings (SSSR count). The van der Waals surface area contributed by atoms with Crippen LogP contribution in [-0.4, -0.2) is 55.0 Å². The molecule has 178 valence electrons. The molecule has 0 bridgehead atoms. The van der Waals surface area contributed by atoms with Crippen LogP contribution in [0.3, 0.4) is 0 Å². The monoisotopic (exact) mass is 461 g/mol. The van der Waals surface area contributed by atoms with E-state index in [0.717, 1.165) is 74.4 Å². The van der Waals surface area contributed by atoms with E-state index in [2.05, 4.69) is 35.2 Å². The fourth-order valence-corrected chi connectivity index (χ4v) is 4.99. The molecule has 34 heavy (non-hydrogen) atoms. The van der Waals surface area contributed by atoms with Gasteiger partial charge in [-0.1, -0.05) is 30.3 Å². The van der Waals surface area contributed by atoms with E-state index in [0.29, 0.717) is 31.1 Å². The van der Waals surface area contributed by atoms with Gasteiger partial charge >= 0.3 is 5.76 Å². The average Bonchev–Trinajstić information content (AvgIpc) is 3.03. The van der Waals surface area contributed by atoms with Crippen molar-refractivity contribution in [2.45, 2.75) is 38.3 Å². The largest absolute Gasteiger partial charge is 0.419 e. The van der Waals surface area contributed by atoms with Crippen molar-refractivity contribution in [3.8, 4) is 17.2 Å². The molecule has 0 saturated carbocycles. The van der Waals surface area contributed by atoms with E-state index in [9.17, 15) is 10.1 Å². The number of benzene rings is 2. The van der Waals surface area contributed by atoms with E-state index < -0.39 is 0 Å². The predicted molar refractivity (Wildman–Crippen MR) is 130 cm³/mol. The summed E-state index contributed by atoms with van der Waals surface area (Å²) in [4.78, 5) is 14.7. The third-order valence-corrected chi connectivity index (χ3v) is 7.01. The Labute approximate surface area is 199 Å². The molecule has 2 aliphatic rings. The molecule has 2 aromatic carbocycles. The molecule has 0 radical (unpaired) electrons. The minimum absolute atomic E-state index is 0.144. The van der Waals surface area contributed by atoms with Crippen molar-refractivity contribution in [1.82, 2.24) is 9.47 Å². The van der Waals surface area contributed by atoms with Gasteiger partial charge in [-0.05, 0) is 54.0 Å². The molecule has 0 unspecified atom stereocenters. The Hall–Kier alpha value is -2.92. The lowest BCUT2D eigenvalue weighted by molar-refractivity contribution is 0.0610. The lowest BCUT2D eigenvalue weighted by Crippen LogP contribution is -2.37. The molecular formula is C27H31N3O4. The van der Waals surface area contributed by atoms with Gasteiger partial charge < -0.3 is 13.9 Å². The predicted octanol–water partition coefficient (Wildman–Crippen LogP) is 3.85. The van der Waals surface area contributed by atoms with Gasteiger partial charge in [0.25, 0.3) is 0 Å². The smallest absolute Gasteiger partial charge is 0.408 e. The van der Waals surface area contributed by atoms with E-state index in [1.807, 2.05) is 18.2 Å². The first-order valence-corrected chi connectivity index (χ1v) is 12.2. The molecule has 7 nitrogen and oxygen atoms in total. The second kappa shape index (κ2) is 10.6. The van der Waals surface area contributed by atoms with E-state index in [1.165, 1.54) is 0 Å². The molecule has 0 N–H and O–H groups in total. The van der Waals surface area contributed by atoms with E-state index in [4.69, 9.17) is 13.9 Å². The molecule has 0 aliphatic carbocycles. The summed E-state index contributed by atoms with van der Waals surface area (Å²) in [7, 11) is 0. The second-order valence-corrected chi connectivity index (χ2v) is 9.26. The van der Waals surface area contributed by atoms with Crippen LogP contribution >= 0.6 is 0 Å². The Morgan fingerprint density at radius 2 is 1.74 bits per heavy atom. The highest BCUT2D eigenvalue weighted by Crippen LogP contribution is 2.26. The Bertz CT molecular complexity index is 1190. The van der Waals surface area contributed by atoms with Crippen molar-refractivity contribution >= 4 is 11.1 Å². The molecule has 0 spiro atoms. The van der Waals surface area contributed by atoms with E-state index >= 15 is 0 Å². The topological polar surface area (TPSA) is 80.6 Å². The quantitative estimate of drug-likeness (QED) is 0.555. The number of rotatable bonds is 6. The first kappa shape index (κ1) is 22.9. The van der Waals surface area contributed by atoms with Crippen molar-refractivity contribution < 1.29 is 13.9 Å². The number of oxazole rings is 1. The zero-order valence-electron chi connectivity index (χ0n) is 19.4. The summed E-state index contributed by atoms with van der Waals surface area (Å²) < 4.78 is 18.3. The second-order valence-electron chi connectivity index (χ2n) is 9.26. The van der Waals surface area contributed by atoms with Crippen LogP contribution in [0.1, 0.15) is 24.8 Å². The van der Waals surface area contributed by atoms with Gasteiger partial charge in [0, 0.05) is 45.9 Å². The SMILES string of the molecule is N#C[C@H](Cc1ccc(-c2ccc3oc(=O)n(CC4CCOCC4)c3c2)cc1)N1CCCOCC1. The van der Waals surface area contributed by atoms with Crippen LogP contribution in [-0.2, 0) is 22.4 Å². The van der Waals surface area contributed by atoms with Gasteiger partial charge in [-0.3, -0.25) is 9.47 Å². The maximum Gasteiger partial charge on any atom is 0.419 e. The van der Waals surface area contributed by atoms with Crippen molar-refractivity contribution in [1.29, 1.82) is 5.26 Å². The van der Waals surface area contributed by atoms with Gasteiger partial charge in [0.2, 0.25) is 0 Å². The number of nitrogens with zero attached hydrogens (tertiary/aromatic N) is 3. The molecule has 3 aromatic rings. The van der Waals surface area contributed by atoms with Crippen LogP contribution in [0, 0.1) is 17.2 Å². The van der Waals surface area contributed by atoms with Crippen molar-refractivity contribution in [2.75, 3.05) is 39.5 Å². The fourth-order valence-electron chi connectivity index (χ4n) is 4.99. The number of aromatic nitrogens is 1. The highest BCUT2D eigenvalue weighted by molar-refractivity contribution is 5.80. The third-order valence-electron chi connectivity index (χ3n) is 7.01. The maximum atomic E-state index is 12.5. The Kier molecular flexibility index (Phi) is 7.10. The number of hydrogen-bond donors (Lipinski definition) is 0. The van der Waals surface area contributed by atoms with Crippen molar-refractivity contribution in [2.24, 2.45) is 5.92 Å². The molecule has 7 heteroatoms. The standard InChI is InChI=1S/C27H31N3O4/c28-18-24(29-10-1-12-32-15-11-29)16-20-2-4-22(5-3-20)23-6-7-26-25(17-23)30(27(31)34-26)19-21-8-13-33-14-9-21/h2-7,17,21,24H,1,8-16,19H2/t24-/m0/s1. The minimum Gasteiger partial charge on any atom is -0.408 e. The van der Waals surface area contributed by atoms with Crippen LogP contribution in [0.15, 0.2) is 51.7 Å². The third kappa shape index (κ3) is 5.10. The van der Waals surface area contributed by atoms with Crippen LogP contribution in [0.2, 0.25) is 0 Å². The molecule has 3 heterocycles. The zero-order chi connectivity index (χ0) is 23.3. The highest BCUT2D eigenvalue weighted by Gasteiger charge is 2.21. The van der Waals surface area contributed by atoms with Crippen LogP contribution < -0.4 is 5.76 Å². The van der Waals surface area contributed by atoms with Gasteiger partial charge in [-0.25, -0.2) is 4.79 Å². The maximum absolute atomic E-state index is 12.5. The molecule has 2 saturated heterocycles. The molecule has 2 fully saturated rings. The Morgan fingerprint density at radius 3 is 2.53 bits per heavy atom. The van der Waals surface area contributed by atoms with E-state index in [1.54, 1.807) is 4.57 Å². The molecular weight excluding hydrogens is 430 g/mol. The summed E-state index contributed by atoms with van der Waals surface area (Å²) >= 11 is 0. The van der Waals surface area contributed by atoms with Crippen molar-refractivity contribution in [3.63, 3.8) is 0 Å². The zero-order valence-corrected chi connectivity index (χ0v) is 19.4. The van der Waals surface area contributed by atoms with Gasteiger partial charge in [0.1, 0.15) is 6.04 Å². The number of ether oxygens (including phenoxy) is 2. The summed E-state index contributed by atoms with van der Waals surface area (Å²) in [6, 6.07) is 16.6. The molecule has 1 atom stereocenters. The molecule has 0 amide bonds. The van der Waals surface area contributed by atoms with Gasteiger partial charge in [-0.2, -0.15) is 5.26 Å². The van der Waals surface area contributed by atoms with E-state index in [-0.39, 0.29) is 11.8 Å². The average molecular weight is 462 g/mol. The summed E-state index contributed by atoms with van der Waals surface area (Å²) in [5.41, 5.74) is 4.72. The molecule has 1 aromatic heterocycles. The first-order chi connectivity index (χ1) is 16.7. The Balaban J connectivity index is 1.33. The normalized spacial score (nSPS) is 19.0. The van der Waals surface area contributed by atoms with Crippen LogP contribution in [0.4, 0.5) is 0 Å². The lowest BCUT2D eigenvalue weighted by atomic mass is 9.99. The number of hydrogen-bond acceptors (Lipinski definition) is 6. The van der Waals surface area contributed by atoms with Gasteiger partial charge in [0.15, 0.2) is 5.58 Å². The van der Waals surface area contributed by atoms with Gasteiger partial charge in [-0.15, -0.1) is 0 Å². The summed E-state index contributed by atoms with van der Waals surface area (Å²) in [5.74, 6) is 0.134. The number of nitriles is 1. The van der Waals surface area contributed by atoms with Crippen molar-refractivity contribution in [3.05, 3.63) is 58.6 Å². The summed E-state index contributed by atoms with van der Waals surface area (Å²) in [6.45, 7) is 5.33. The van der Waals surface area contributed by atoms with Crippen LogP contribution in [0.5, 0.6) is 0 Å². The molecule has 2 aliphatic heterocycles. The summed E-state index contributed by atoms with van der Waals surface area (Å²) in [5, 5.41) is 9.73. The summed E-state index contributed by atoms with van der Waals surface area (Å²) in [6.07, 6.45) is 3.60. The first-order valence-electron chi connectivity index (χ1n) is 12.2. The number of fused-ring (bicyclic) bond motifs is 1. The van der Waals surface area contributed by atoms with Crippen LogP contribution in [0.25, 0.3) is 22.2 Å².